The van der Waals surface area contributed by atoms with Gasteiger partial charge in [-0.25, -0.2) is 14.8 Å². The SMILES string of the molecule is C=CC(=O)Nc1cc(C)ccc1Nc1nc(Nc2[nH]c(=O)ncc2Cl)ncc1C(F)(F)F. The van der Waals surface area contributed by atoms with E-state index in [2.05, 4.69) is 42.5 Å². The minimum absolute atomic E-state index is 0.00411. The number of hydrogen-bond donors (Lipinski definition) is 4. The number of rotatable bonds is 6. The summed E-state index contributed by atoms with van der Waals surface area (Å²) < 4.78 is 40.7. The molecule has 0 saturated carbocycles. The second-order valence-corrected chi connectivity index (χ2v) is 6.76. The van der Waals surface area contributed by atoms with Gasteiger partial charge in [0.25, 0.3) is 0 Å². The Hall–Kier alpha value is -3.93. The first kappa shape index (κ1) is 22.7. The maximum Gasteiger partial charge on any atom is 0.421 e. The van der Waals surface area contributed by atoms with Crippen LogP contribution >= 0.6 is 11.6 Å². The number of aryl methyl sites for hydroxylation is 1. The van der Waals surface area contributed by atoms with Crippen LogP contribution in [0.3, 0.4) is 0 Å². The summed E-state index contributed by atoms with van der Waals surface area (Å²) in [6.45, 7) is 5.10. The van der Waals surface area contributed by atoms with E-state index in [1.165, 1.54) is 6.07 Å². The van der Waals surface area contributed by atoms with Crippen LogP contribution < -0.4 is 21.6 Å². The third-order valence-corrected chi connectivity index (χ3v) is 4.25. The molecule has 0 saturated heterocycles. The van der Waals surface area contributed by atoms with Crippen LogP contribution in [0.2, 0.25) is 5.02 Å². The van der Waals surface area contributed by atoms with Crippen molar-refractivity contribution in [1.29, 1.82) is 0 Å². The molecule has 1 amide bonds. The van der Waals surface area contributed by atoms with Gasteiger partial charge in [-0.15, -0.1) is 0 Å². The molecule has 32 heavy (non-hydrogen) atoms. The minimum atomic E-state index is -4.78. The van der Waals surface area contributed by atoms with E-state index in [-0.39, 0.29) is 28.2 Å². The van der Waals surface area contributed by atoms with Crippen molar-refractivity contribution in [2.75, 3.05) is 16.0 Å². The topological polar surface area (TPSA) is 125 Å². The number of amides is 1. The van der Waals surface area contributed by atoms with E-state index in [0.717, 1.165) is 17.8 Å². The van der Waals surface area contributed by atoms with Gasteiger partial charge in [0.15, 0.2) is 0 Å². The zero-order chi connectivity index (χ0) is 23.5. The molecule has 0 atom stereocenters. The summed E-state index contributed by atoms with van der Waals surface area (Å²) in [6, 6.07) is 4.69. The van der Waals surface area contributed by atoms with Crippen molar-refractivity contribution in [3.05, 3.63) is 69.9 Å². The summed E-state index contributed by atoms with van der Waals surface area (Å²) in [5.74, 6) is -1.48. The molecule has 13 heteroatoms. The summed E-state index contributed by atoms with van der Waals surface area (Å²) in [5.41, 5.74) is -0.760. The Balaban J connectivity index is 2.04. The number of nitrogens with one attached hydrogen (secondary N) is 4. The lowest BCUT2D eigenvalue weighted by atomic mass is 10.1. The number of benzene rings is 1. The standard InChI is InChI=1S/C19H15ClF3N7O2/c1-3-14(31)26-13-6-9(2)4-5-12(13)27-15-10(19(21,22)23)7-24-17(28-15)29-16-11(20)8-25-18(32)30-16/h3-8H,1H2,2H3,(H,26,31)(H3,24,25,27,28,29,30,32). The van der Waals surface area contributed by atoms with Gasteiger partial charge in [0.2, 0.25) is 11.9 Å². The fraction of sp³-hybridized carbons (Fsp3) is 0.105. The quantitative estimate of drug-likeness (QED) is 0.403. The van der Waals surface area contributed by atoms with Gasteiger partial charge in [0, 0.05) is 6.20 Å². The zero-order valence-electron chi connectivity index (χ0n) is 16.3. The number of aromatic nitrogens is 4. The maximum atomic E-state index is 13.6. The van der Waals surface area contributed by atoms with Crippen molar-refractivity contribution in [1.82, 2.24) is 19.9 Å². The van der Waals surface area contributed by atoms with Crippen molar-refractivity contribution in [3.63, 3.8) is 0 Å². The van der Waals surface area contributed by atoms with Crippen LogP contribution in [0.4, 0.5) is 42.1 Å². The number of alkyl halides is 3. The number of carbonyl (C=O) groups excluding carboxylic acids is 1. The Morgan fingerprint density at radius 2 is 1.94 bits per heavy atom. The number of halogens is 4. The molecule has 0 aliphatic rings. The highest BCUT2D eigenvalue weighted by Gasteiger charge is 2.35. The molecule has 0 aliphatic carbocycles. The summed E-state index contributed by atoms with van der Waals surface area (Å²) in [4.78, 5) is 36.4. The fourth-order valence-electron chi connectivity index (χ4n) is 2.51. The molecule has 2 aromatic heterocycles. The van der Waals surface area contributed by atoms with Gasteiger partial charge in [0.05, 0.1) is 22.6 Å². The minimum Gasteiger partial charge on any atom is -0.338 e. The molecular formula is C19H15ClF3N7O2. The van der Waals surface area contributed by atoms with Crippen LogP contribution in [0.25, 0.3) is 0 Å². The molecule has 3 aromatic rings. The highest BCUT2D eigenvalue weighted by atomic mass is 35.5. The largest absolute Gasteiger partial charge is 0.421 e. The molecule has 166 valence electrons. The molecule has 0 fully saturated rings. The molecule has 0 unspecified atom stereocenters. The third-order valence-electron chi connectivity index (χ3n) is 3.97. The number of nitrogens with zero attached hydrogens (tertiary/aromatic N) is 3. The lowest BCUT2D eigenvalue weighted by Crippen LogP contribution is -2.15. The first-order valence-corrected chi connectivity index (χ1v) is 9.22. The first-order chi connectivity index (χ1) is 15.1. The molecule has 0 radical (unpaired) electrons. The maximum absolute atomic E-state index is 13.6. The van der Waals surface area contributed by atoms with Crippen molar-refractivity contribution in [2.45, 2.75) is 13.1 Å². The monoisotopic (exact) mass is 465 g/mol. The Labute approximate surface area is 183 Å². The average molecular weight is 466 g/mol. The zero-order valence-corrected chi connectivity index (χ0v) is 17.1. The van der Waals surface area contributed by atoms with Gasteiger partial charge in [-0.1, -0.05) is 24.2 Å². The Morgan fingerprint density at radius 1 is 1.19 bits per heavy atom. The second-order valence-electron chi connectivity index (χ2n) is 6.36. The second kappa shape index (κ2) is 9.06. The van der Waals surface area contributed by atoms with Crippen molar-refractivity contribution in [3.8, 4) is 0 Å². The van der Waals surface area contributed by atoms with Crippen LogP contribution in [-0.2, 0) is 11.0 Å². The van der Waals surface area contributed by atoms with E-state index < -0.39 is 29.2 Å². The number of hydrogen-bond acceptors (Lipinski definition) is 7. The molecule has 9 nitrogen and oxygen atoms in total. The van der Waals surface area contributed by atoms with E-state index in [9.17, 15) is 22.8 Å². The van der Waals surface area contributed by atoms with E-state index in [1.54, 1.807) is 19.1 Å². The van der Waals surface area contributed by atoms with Gasteiger partial charge in [-0.05, 0) is 30.7 Å². The van der Waals surface area contributed by atoms with Crippen molar-refractivity contribution >= 4 is 46.5 Å². The molecule has 0 spiro atoms. The van der Waals surface area contributed by atoms with E-state index in [1.807, 2.05) is 0 Å². The molecule has 3 rings (SSSR count). The highest BCUT2D eigenvalue weighted by Crippen LogP contribution is 2.37. The molecule has 4 N–H and O–H groups in total. The van der Waals surface area contributed by atoms with Gasteiger partial charge in [-0.2, -0.15) is 18.2 Å². The lowest BCUT2D eigenvalue weighted by Gasteiger charge is -2.17. The van der Waals surface area contributed by atoms with Gasteiger partial charge in [0.1, 0.15) is 17.2 Å². The average Bonchev–Trinajstić information content (AvgIpc) is 2.72. The Morgan fingerprint density at radius 3 is 2.62 bits per heavy atom. The number of aromatic amines is 1. The Kier molecular flexibility index (Phi) is 6.44. The first-order valence-electron chi connectivity index (χ1n) is 8.84. The summed E-state index contributed by atoms with van der Waals surface area (Å²) in [7, 11) is 0. The van der Waals surface area contributed by atoms with Crippen LogP contribution in [0, 0.1) is 6.92 Å². The Bertz CT molecular complexity index is 1240. The number of carbonyl (C=O) groups is 1. The molecule has 2 heterocycles. The number of anilines is 5. The lowest BCUT2D eigenvalue weighted by molar-refractivity contribution is -0.137. The summed E-state index contributed by atoms with van der Waals surface area (Å²) in [5, 5.41) is 7.64. The van der Waals surface area contributed by atoms with Crippen LogP contribution in [-0.4, -0.2) is 25.8 Å². The molecule has 0 bridgehead atoms. The van der Waals surface area contributed by atoms with Crippen molar-refractivity contribution < 1.29 is 18.0 Å². The number of H-pyrrole nitrogens is 1. The smallest absolute Gasteiger partial charge is 0.338 e. The summed E-state index contributed by atoms with van der Waals surface area (Å²) in [6.07, 6.45) is -2.12. The van der Waals surface area contributed by atoms with Gasteiger partial charge >= 0.3 is 11.9 Å². The van der Waals surface area contributed by atoms with E-state index >= 15 is 0 Å². The van der Waals surface area contributed by atoms with E-state index in [0.29, 0.717) is 6.20 Å². The van der Waals surface area contributed by atoms with Crippen LogP contribution in [0.15, 0.2) is 48.0 Å². The predicted molar refractivity (Wildman–Crippen MR) is 113 cm³/mol. The predicted octanol–water partition coefficient (Wildman–Crippen LogP) is 4.15. The molecular weight excluding hydrogens is 451 g/mol. The van der Waals surface area contributed by atoms with Crippen LogP contribution in [0.1, 0.15) is 11.1 Å². The third kappa shape index (κ3) is 5.40. The molecule has 1 aromatic carbocycles. The van der Waals surface area contributed by atoms with Gasteiger partial charge in [-0.3, -0.25) is 9.78 Å². The molecule has 0 aliphatic heterocycles. The highest BCUT2D eigenvalue weighted by molar-refractivity contribution is 6.32. The van der Waals surface area contributed by atoms with Gasteiger partial charge < -0.3 is 16.0 Å². The summed E-state index contributed by atoms with van der Waals surface area (Å²) >= 11 is 5.92. The fourth-order valence-corrected chi connectivity index (χ4v) is 2.65. The normalized spacial score (nSPS) is 11.0. The van der Waals surface area contributed by atoms with Crippen LogP contribution in [0.5, 0.6) is 0 Å². The van der Waals surface area contributed by atoms with E-state index in [4.69, 9.17) is 11.6 Å². The van der Waals surface area contributed by atoms with Crippen molar-refractivity contribution in [2.24, 2.45) is 0 Å².